The molecular weight excluding hydrogens is 416 g/mol. The van der Waals surface area contributed by atoms with Gasteiger partial charge in [-0.15, -0.1) is 0 Å². The summed E-state index contributed by atoms with van der Waals surface area (Å²) in [5.41, 5.74) is -0.590. The second kappa shape index (κ2) is 10.1. The Kier molecular flexibility index (Phi) is 8.01. The molecule has 0 saturated heterocycles. The molecule has 3 fully saturated rings. The highest BCUT2D eigenvalue weighted by molar-refractivity contribution is 5.87. The van der Waals surface area contributed by atoms with Gasteiger partial charge in [-0.05, 0) is 73.5 Å². The zero-order valence-electron chi connectivity index (χ0n) is 21.7. The van der Waals surface area contributed by atoms with E-state index in [-0.39, 0.29) is 41.5 Å². The van der Waals surface area contributed by atoms with Crippen LogP contribution in [0.5, 0.6) is 0 Å². The van der Waals surface area contributed by atoms with Crippen LogP contribution in [0.2, 0.25) is 0 Å². The van der Waals surface area contributed by atoms with Gasteiger partial charge in [-0.1, -0.05) is 53.9 Å². The first kappa shape index (κ1) is 26.2. The molecule has 5 heteroatoms. The second-order valence-electron chi connectivity index (χ2n) is 12.4. The minimum atomic E-state index is -0.722. The molecule has 3 saturated carbocycles. The largest absolute Gasteiger partial charge is 0.481 e. The van der Waals surface area contributed by atoms with Gasteiger partial charge in [0, 0.05) is 18.8 Å². The van der Waals surface area contributed by atoms with Gasteiger partial charge >= 0.3 is 11.9 Å². The molecule has 0 unspecified atom stereocenters. The molecular formula is C28H46O5. The topological polar surface area (TPSA) is 80.7 Å². The molecule has 33 heavy (non-hydrogen) atoms. The highest BCUT2D eigenvalue weighted by Crippen LogP contribution is 2.64. The average molecular weight is 463 g/mol. The van der Waals surface area contributed by atoms with Crippen LogP contribution in [0.3, 0.4) is 0 Å². The zero-order chi connectivity index (χ0) is 24.6. The molecule has 188 valence electrons. The van der Waals surface area contributed by atoms with Crippen molar-refractivity contribution in [1.29, 1.82) is 0 Å². The van der Waals surface area contributed by atoms with Crippen molar-refractivity contribution in [3.8, 4) is 0 Å². The van der Waals surface area contributed by atoms with Crippen LogP contribution in [0.4, 0.5) is 0 Å². The van der Waals surface area contributed by atoms with Gasteiger partial charge in [0.05, 0.1) is 5.92 Å². The molecule has 0 aromatic rings. The molecule has 8 atom stereocenters. The Balaban J connectivity index is 1.77. The summed E-state index contributed by atoms with van der Waals surface area (Å²) in [7, 11) is 0. The predicted octanol–water partition coefficient (Wildman–Crippen LogP) is 6.28. The standard InChI is InChI=1S/C28H46O5/c1-17(2)8-7-9-18(3)21-10-11-22-25(26(31)32)23(13-15-27(21,22)5)28(6)14-12-20(16-24(28)30)33-19(4)29/h17-18,20-23,25H,7-16H2,1-6H3,(H,31,32)/t18-,20-,21+,22-,23-,25+,27+,28+/m0/s1. The minimum absolute atomic E-state index is 0.0468. The monoisotopic (exact) mass is 462 g/mol. The van der Waals surface area contributed by atoms with E-state index >= 15 is 0 Å². The highest BCUT2D eigenvalue weighted by atomic mass is 16.5. The van der Waals surface area contributed by atoms with Gasteiger partial charge in [-0.2, -0.15) is 0 Å². The average Bonchev–Trinajstić information content (AvgIpc) is 3.06. The molecule has 0 aromatic heterocycles. The fourth-order valence-corrected chi connectivity index (χ4v) is 8.09. The first-order valence-corrected chi connectivity index (χ1v) is 13.3. The lowest BCUT2D eigenvalue weighted by Crippen LogP contribution is -2.54. The Morgan fingerprint density at radius 2 is 1.73 bits per heavy atom. The molecule has 5 nitrogen and oxygen atoms in total. The molecule has 0 spiro atoms. The van der Waals surface area contributed by atoms with E-state index < -0.39 is 17.3 Å². The Hall–Kier alpha value is -1.39. The molecule has 0 aromatic carbocycles. The molecule has 0 aliphatic heterocycles. The lowest BCUT2D eigenvalue weighted by molar-refractivity contribution is -0.165. The number of carboxylic acid groups (broad SMARTS) is 1. The van der Waals surface area contributed by atoms with Gasteiger partial charge in [-0.3, -0.25) is 14.4 Å². The maximum absolute atomic E-state index is 13.3. The number of ether oxygens (including phenoxy) is 1. The molecule has 0 radical (unpaired) electrons. The number of Topliss-reactive ketones (excluding diaryl/α,β-unsaturated/α-hetero) is 1. The number of hydrogen-bond acceptors (Lipinski definition) is 4. The number of rotatable bonds is 8. The van der Waals surface area contributed by atoms with Crippen molar-refractivity contribution in [2.75, 3.05) is 0 Å². The fourth-order valence-electron chi connectivity index (χ4n) is 8.09. The zero-order valence-corrected chi connectivity index (χ0v) is 21.7. The number of esters is 1. The molecule has 3 aliphatic carbocycles. The van der Waals surface area contributed by atoms with Crippen LogP contribution in [-0.2, 0) is 19.1 Å². The molecule has 3 rings (SSSR count). The summed E-state index contributed by atoms with van der Waals surface area (Å²) in [6.07, 6.45) is 8.73. The fraction of sp³-hybridized carbons (Fsp3) is 0.893. The summed E-state index contributed by atoms with van der Waals surface area (Å²) in [4.78, 5) is 37.4. The van der Waals surface area contributed by atoms with Crippen molar-refractivity contribution in [3.05, 3.63) is 0 Å². The number of aliphatic carboxylic acids is 1. The number of carbonyl (C=O) groups excluding carboxylic acids is 2. The SMILES string of the molecule is CC(=O)O[C@H]1CC[C@](C)([C@H]2CC[C@]3(C)[C@@H]([C@@H](C)CCCC(C)C)CC[C@H]3[C@H]2C(=O)O)C(=O)C1. The maximum atomic E-state index is 13.3. The quantitative estimate of drug-likeness (QED) is 0.429. The van der Waals surface area contributed by atoms with Gasteiger partial charge in [0.1, 0.15) is 11.9 Å². The molecule has 1 N–H and O–H groups in total. The first-order chi connectivity index (χ1) is 15.4. The van der Waals surface area contributed by atoms with Crippen molar-refractivity contribution in [3.63, 3.8) is 0 Å². The van der Waals surface area contributed by atoms with E-state index in [4.69, 9.17) is 4.74 Å². The van der Waals surface area contributed by atoms with Crippen LogP contribution in [0, 0.1) is 46.3 Å². The molecule has 0 bridgehead atoms. The van der Waals surface area contributed by atoms with Crippen molar-refractivity contribution in [1.82, 2.24) is 0 Å². The van der Waals surface area contributed by atoms with Crippen LogP contribution < -0.4 is 0 Å². The van der Waals surface area contributed by atoms with E-state index in [2.05, 4.69) is 27.7 Å². The number of carboxylic acids is 1. The maximum Gasteiger partial charge on any atom is 0.307 e. The summed E-state index contributed by atoms with van der Waals surface area (Å²) in [5.74, 6) is 0.461. The van der Waals surface area contributed by atoms with Crippen LogP contribution >= 0.6 is 0 Å². The van der Waals surface area contributed by atoms with Crippen molar-refractivity contribution >= 4 is 17.7 Å². The Labute approximate surface area is 200 Å². The van der Waals surface area contributed by atoms with Gasteiger partial charge in [0.2, 0.25) is 0 Å². The Morgan fingerprint density at radius 3 is 2.30 bits per heavy atom. The van der Waals surface area contributed by atoms with E-state index in [0.29, 0.717) is 24.7 Å². The number of ketones is 1. The van der Waals surface area contributed by atoms with Crippen LogP contribution in [0.15, 0.2) is 0 Å². The highest BCUT2D eigenvalue weighted by Gasteiger charge is 2.61. The van der Waals surface area contributed by atoms with E-state index in [9.17, 15) is 19.5 Å². The van der Waals surface area contributed by atoms with Crippen molar-refractivity contribution < 1.29 is 24.2 Å². The smallest absolute Gasteiger partial charge is 0.307 e. The van der Waals surface area contributed by atoms with Crippen LogP contribution in [0.25, 0.3) is 0 Å². The van der Waals surface area contributed by atoms with Crippen LogP contribution in [-0.4, -0.2) is 28.9 Å². The number of carbonyl (C=O) groups is 3. The summed E-state index contributed by atoms with van der Waals surface area (Å²) >= 11 is 0. The number of hydrogen-bond donors (Lipinski definition) is 1. The van der Waals surface area contributed by atoms with E-state index in [1.165, 1.54) is 26.2 Å². The lowest BCUT2D eigenvalue weighted by atomic mass is 9.50. The normalized spacial score (nSPS) is 39.8. The van der Waals surface area contributed by atoms with Gasteiger partial charge in [-0.25, -0.2) is 0 Å². The first-order valence-electron chi connectivity index (χ1n) is 13.3. The number of fused-ring (bicyclic) bond motifs is 1. The third kappa shape index (κ3) is 5.17. The van der Waals surface area contributed by atoms with E-state index in [1.54, 1.807) is 0 Å². The Morgan fingerprint density at radius 1 is 1.03 bits per heavy atom. The Bertz CT molecular complexity index is 745. The van der Waals surface area contributed by atoms with Gasteiger partial charge < -0.3 is 9.84 Å². The lowest BCUT2D eigenvalue weighted by Gasteiger charge is -2.53. The third-order valence-electron chi connectivity index (χ3n) is 9.94. The minimum Gasteiger partial charge on any atom is -0.481 e. The summed E-state index contributed by atoms with van der Waals surface area (Å²) in [6, 6.07) is 0. The molecule has 3 aliphatic rings. The van der Waals surface area contributed by atoms with Crippen molar-refractivity contribution in [2.45, 2.75) is 112 Å². The predicted molar refractivity (Wildman–Crippen MR) is 129 cm³/mol. The molecule has 0 amide bonds. The van der Waals surface area contributed by atoms with Crippen molar-refractivity contribution in [2.24, 2.45) is 46.3 Å². The molecule has 0 heterocycles. The van der Waals surface area contributed by atoms with E-state index in [0.717, 1.165) is 31.6 Å². The summed E-state index contributed by atoms with van der Waals surface area (Å²) < 4.78 is 5.31. The van der Waals surface area contributed by atoms with Gasteiger partial charge in [0.25, 0.3) is 0 Å². The van der Waals surface area contributed by atoms with Gasteiger partial charge in [0.15, 0.2) is 0 Å². The summed E-state index contributed by atoms with van der Waals surface area (Å²) in [5, 5.41) is 10.4. The third-order valence-corrected chi connectivity index (χ3v) is 9.94. The summed E-state index contributed by atoms with van der Waals surface area (Å²) in [6.45, 7) is 12.6. The van der Waals surface area contributed by atoms with E-state index in [1.807, 2.05) is 6.92 Å². The second-order valence-corrected chi connectivity index (χ2v) is 12.4. The van der Waals surface area contributed by atoms with Crippen LogP contribution in [0.1, 0.15) is 106 Å².